The Morgan fingerprint density at radius 1 is 1.11 bits per heavy atom. The maximum atomic E-state index is 10.7. The minimum Gasteiger partial charge on any atom is -0.490 e. The first-order chi connectivity index (χ1) is 8.76. The molecule has 1 aliphatic heterocycles. The first-order valence-corrected chi connectivity index (χ1v) is 6.84. The molecule has 2 aliphatic rings. The van der Waals surface area contributed by atoms with Crippen LogP contribution in [-0.4, -0.2) is 24.4 Å². The third-order valence-corrected chi connectivity index (χ3v) is 3.76. The molecular formula is C15H20O3. The third kappa shape index (κ3) is 2.68. The maximum Gasteiger partial charge on any atom is 0.119 e. The van der Waals surface area contributed by atoms with E-state index in [1.165, 1.54) is 12.8 Å². The molecule has 0 radical (unpaired) electrons. The average Bonchev–Trinajstić information content (AvgIpc) is 3.19. The molecule has 3 nitrogen and oxygen atoms in total. The van der Waals surface area contributed by atoms with Gasteiger partial charge in [-0.15, -0.1) is 0 Å². The van der Waals surface area contributed by atoms with Gasteiger partial charge in [0.25, 0.3) is 0 Å². The smallest absolute Gasteiger partial charge is 0.119 e. The number of rotatable bonds is 3. The average molecular weight is 248 g/mol. The van der Waals surface area contributed by atoms with E-state index in [2.05, 4.69) is 0 Å². The zero-order valence-electron chi connectivity index (χ0n) is 10.6. The number of ether oxygens (including phenoxy) is 2. The Morgan fingerprint density at radius 3 is 2.61 bits per heavy atom. The molecule has 1 aromatic carbocycles. The molecule has 1 saturated carbocycles. The Hall–Kier alpha value is -1.06. The first kappa shape index (κ1) is 12.0. The van der Waals surface area contributed by atoms with Gasteiger partial charge in [0, 0.05) is 19.6 Å². The zero-order chi connectivity index (χ0) is 12.4. The highest BCUT2D eigenvalue weighted by atomic mass is 16.5. The van der Waals surface area contributed by atoms with Crippen molar-refractivity contribution in [3.63, 3.8) is 0 Å². The van der Waals surface area contributed by atoms with Crippen LogP contribution in [0.2, 0.25) is 0 Å². The van der Waals surface area contributed by atoms with Crippen molar-refractivity contribution in [3.8, 4) is 5.75 Å². The number of hydrogen-bond donors (Lipinski definition) is 1. The van der Waals surface area contributed by atoms with E-state index in [-0.39, 0.29) is 0 Å². The van der Waals surface area contributed by atoms with E-state index < -0.39 is 5.60 Å². The molecule has 1 aromatic rings. The van der Waals surface area contributed by atoms with Gasteiger partial charge in [-0.1, -0.05) is 12.1 Å². The quantitative estimate of drug-likeness (QED) is 0.893. The van der Waals surface area contributed by atoms with Crippen LogP contribution in [0.25, 0.3) is 0 Å². The van der Waals surface area contributed by atoms with Crippen LogP contribution in [0.4, 0.5) is 0 Å². The van der Waals surface area contributed by atoms with Crippen molar-refractivity contribution in [1.82, 2.24) is 0 Å². The summed E-state index contributed by atoms with van der Waals surface area (Å²) in [5, 5.41) is 10.7. The fourth-order valence-corrected chi connectivity index (χ4v) is 2.45. The number of aliphatic hydroxyl groups is 1. The minimum absolute atomic E-state index is 0.421. The highest BCUT2D eigenvalue weighted by Gasteiger charge is 2.30. The van der Waals surface area contributed by atoms with Gasteiger partial charge in [-0.05, 0) is 43.4 Å². The number of benzene rings is 1. The normalized spacial score (nSPS) is 28.7. The molecule has 1 saturated heterocycles. The van der Waals surface area contributed by atoms with Gasteiger partial charge >= 0.3 is 0 Å². The van der Waals surface area contributed by atoms with Crippen molar-refractivity contribution in [2.75, 3.05) is 13.2 Å². The lowest BCUT2D eigenvalue weighted by Crippen LogP contribution is -2.25. The second-order valence-electron chi connectivity index (χ2n) is 5.34. The molecule has 2 fully saturated rings. The third-order valence-electron chi connectivity index (χ3n) is 3.76. The largest absolute Gasteiger partial charge is 0.490 e. The Morgan fingerprint density at radius 2 is 1.89 bits per heavy atom. The van der Waals surface area contributed by atoms with Gasteiger partial charge in [0.2, 0.25) is 0 Å². The molecule has 1 aliphatic carbocycles. The number of hydrogen-bond acceptors (Lipinski definition) is 3. The van der Waals surface area contributed by atoms with Crippen LogP contribution in [0.15, 0.2) is 24.3 Å². The van der Waals surface area contributed by atoms with E-state index in [0.717, 1.165) is 30.8 Å². The van der Waals surface area contributed by atoms with Gasteiger partial charge in [-0.25, -0.2) is 0 Å². The molecule has 0 aromatic heterocycles. The van der Waals surface area contributed by atoms with Gasteiger partial charge in [0.15, 0.2) is 0 Å². The summed E-state index contributed by atoms with van der Waals surface area (Å²) in [6, 6.07) is 7.92. The fraction of sp³-hybridized carbons (Fsp3) is 0.600. The lowest BCUT2D eigenvalue weighted by Gasteiger charge is -2.26. The molecule has 1 unspecified atom stereocenters. The summed E-state index contributed by atoms with van der Waals surface area (Å²) in [7, 11) is 0. The van der Waals surface area contributed by atoms with Crippen LogP contribution in [-0.2, 0) is 10.3 Å². The SMILES string of the molecule is OC1(c2ccc(OC3CC3)cc2)CCCOCC1. The molecular weight excluding hydrogens is 228 g/mol. The molecule has 0 amide bonds. The lowest BCUT2D eigenvalue weighted by atomic mass is 9.87. The Labute approximate surface area is 108 Å². The summed E-state index contributed by atoms with van der Waals surface area (Å²) in [5.41, 5.74) is 0.255. The van der Waals surface area contributed by atoms with Crippen molar-refractivity contribution in [3.05, 3.63) is 29.8 Å². The Kier molecular flexibility index (Phi) is 3.27. The first-order valence-electron chi connectivity index (χ1n) is 6.84. The molecule has 1 atom stereocenters. The van der Waals surface area contributed by atoms with Crippen LogP contribution >= 0.6 is 0 Å². The van der Waals surface area contributed by atoms with E-state index in [0.29, 0.717) is 19.1 Å². The van der Waals surface area contributed by atoms with Crippen LogP contribution in [0.1, 0.15) is 37.7 Å². The standard InChI is InChI=1S/C15H20O3/c16-15(8-1-10-17-11-9-15)12-2-4-13(5-3-12)18-14-6-7-14/h2-5,14,16H,1,6-11H2. The zero-order valence-corrected chi connectivity index (χ0v) is 10.6. The second-order valence-corrected chi connectivity index (χ2v) is 5.34. The van der Waals surface area contributed by atoms with Gasteiger partial charge in [0.05, 0.1) is 11.7 Å². The molecule has 0 bridgehead atoms. The van der Waals surface area contributed by atoms with Crippen LogP contribution in [0, 0.1) is 0 Å². The summed E-state index contributed by atoms with van der Waals surface area (Å²) in [6.07, 6.45) is 5.12. The van der Waals surface area contributed by atoms with Gasteiger partial charge in [-0.2, -0.15) is 0 Å². The van der Waals surface area contributed by atoms with E-state index in [4.69, 9.17) is 9.47 Å². The topological polar surface area (TPSA) is 38.7 Å². The summed E-state index contributed by atoms with van der Waals surface area (Å²) < 4.78 is 11.1. The summed E-state index contributed by atoms with van der Waals surface area (Å²) in [5.74, 6) is 0.912. The molecule has 1 N–H and O–H groups in total. The molecule has 0 spiro atoms. The predicted octanol–water partition coefficient (Wildman–Crippen LogP) is 2.62. The maximum absolute atomic E-state index is 10.7. The lowest BCUT2D eigenvalue weighted by molar-refractivity contribution is 0.0144. The van der Waals surface area contributed by atoms with Crippen molar-refractivity contribution in [2.24, 2.45) is 0 Å². The molecule has 3 heteroatoms. The van der Waals surface area contributed by atoms with Crippen molar-refractivity contribution >= 4 is 0 Å². The van der Waals surface area contributed by atoms with Crippen molar-refractivity contribution in [2.45, 2.75) is 43.8 Å². The van der Waals surface area contributed by atoms with Gasteiger partial charge in [0.1, 0.15) is 5.75 Å². The van der Waals surface area contributed by atoms with Crippen LogP contribution < -0.4 is 4.74 Å². The Balaban J connectivity index is 1.73. The summed E-state index contributed by atoms with van der Waals surface area (Å²) in [6.45, 7) is 1.39. The van der Waals surface area contributed by atoms with E-state index in [9.17, 15) is 5.11 Å². The molecule has 3 rings (SSSR count). The Bertz CT molecular complexity index is 387. The highest BCUT2D eigenvalue weighted by molar-refractivity contribution is 5.31. The summed E-state index contributed by atoms with van der Waals surface area (Å²) >= 11 is 0. The molecule has 18 heavy (non-hydrogen) atoms. The predicted molar refractivity (Wildman–Crippen MR) is 68.7 cm³/mol. The van der Waals surface area contributed by atoms with Gasteiger partial charge < -0.3 is 14.6 Å². The monoisotopic (exact) mass is 248 g/mol. The molecule has 1 heterocycles. The fourth-order valence-electron chi connectivity index (χ4n) is 2.45. The highest BCUT2D eigenvalue weighted by Crippen LogP contribution is 2.34. The van der Waals surface area contributed by atoms with Crippen LogP contribution in [0.5, 0.6) is 5.75 Å². The van der Waals surface area contributed by atoms with Gasteiger partial charge in [-0.3, -0.25) is 0 Å². The van der Waals surface area contributed by atoms with Crippen molar-refractivity contribution in [1.29, 1.82) is 0 Å². The minimum atomic E-state index is -0.728. The van der Waals surface area contributed by atoms with E-state index in [1.54, 1.807) is 0 Å². The second kappa shape index (κ2) is 4.90. The van der Waals surface area contributed by atoms with Crippen LogP contribution in [0.3, 0.4) is 0 Å². The van der Waals surface area contributed by atoms with E-state index in [1.807, 2.05) is 24.3 Å². The van der Waals surface area contributed by atoms with Crippen molar-refractivity contribution < 1.29 is 14.6 Å². The molecule has 98 valence electrons. The summed E-state index contributed by atoms with van der Waals surface area (Å²) in [4.78, 5) is 0. The van der Waals surface area contributed by atoms with E-state index >= 15 is 0 Å².